The van der Waals surface area contributed by atoms with Crippen LogP contribution in [0.5, 0.6) is 0 Å². The molecular weight excluding hydrogens is 226 g/mol. The third kappa shape index (κ3) is 2.49. The van der Waals surface area contributed by atoms with E-state index >= 15 is 0 Å². The predicted molar refractivity (Wildman–Crippen MR) is 71.7 cm³/mol. The first-order valence-corrected chi connectivity index (χ1v) is 6.92. The average molecular weight is 247 g/mol. The molecule has 2 atom stereocenters. The number of fused-ring (bicyclic) bond motifs is 2. The molecule has 0 saturated carbocycles. The molecule has 3 rings (SSSR count). The van der Waals surface area contributed by atoms with E-state index in [1.807, 2.05) is 0 Å². The maximum Gasteiger partial charge on any atom is 0.129 e. The Balaban J connectivity index is 1.71. The first-order chi connectivity index (χ1) is 8.85. The number of rotatable bonds is 4. The van der Waals surface area contributed by atoms with Crippen molar-refractivity contribution in [3.63, 3.8) is 0 Å². The number of anilines is 1. The van der Waals surface area contributed by atoms with E-state index in [4.69, 9.17) is 9.72 Å². The Morgan fingerprint density at radius 1 is 1.33 bits per heavy atom. The topological polar surface area (TPSA) is 37.4 Å². The number of nitrogens with one attached hydrogen (secondary N) is 1. The summed E-state index contributed by atoms with van der Waals surface area (Å²) in [4.78, 5) is 7.11. The van der Waals surface area contributed by atoms with Crippen LogP contribution in [0.4, 0.5) is 5.82 Å². The molecule has 98 valence electrons. The Hall–Kier alpha value is -1.13. The molecule has 0 aliphatic carbocycles. The molecule has 2 unspecified atom stereocenters. The van der Waals surface area contributed by atoms with Crippen LogP contribution < -0.4 is 10.2 Å². The number of hydrogen-bond acceptors (Lipinski definition) is 4. The first kappa shape index (κ1) is 11.9. The normalized spacial score (nSPS) is 26.6. The fourth-order valence-corrected chi connectivity index (χ4v) is 2.80. The van der Waals surface area contributed by atoms with Crippen molar-refractivity contribution in [1.29, 1.82) is 0 Å². The number of ether oxygens (including phenoxy) is 1. The van der Waals surface area contributed by atoms with Crippen LogP contribution in [0.15, 0.2) is 18.2 Å². The van der Waals surface area contributed by atoms with E-state index in [1.165, 1.54) is 12.8 Å². The average Bonchev–Trinajstić information content (AvgIpc) is 2.75. The summed E-state index contributed by atoms with van der Waals surface area (Å²) in [6.07, 6.45) is 3.25. The van der Waals surface area contributed by atoms with Crippen LogP contribution in [0.2, 0.25) is 0 Å². The van der Waals surface area contributed by atoms with E-state index in [0.29, 0.717) is 12.2 Å². The smallest absolute Gasteiger partial charge is 0.129 e. The lowest BCUT2D eigenvalue weighted by Crippen LogP contribution is -2.43. The van der Waals surface area contributed by atoms with Crippen LogP contribution in [0.3, 0.4) is 0 Å². The van der Waals surface area contributed by atoms with E-state index in [9.17, 15) is 0 Å². The van der Waals surface area contributed by atoms with Crippen molar-refractivity contribution in [3.8, 4) is 0 Å². The standard InChI is InChI=1S/C14H21N3O/c1-2-15-8-11-4-3-5-14(16-11)17-9-12-6-7-13(10-17)18-12/h3-5,12-13,15H,2,6-10H2,1H3. The van der Waals surface area contributed by atoms with Gasteiger partial charge in [0.25, 0.3) is 0 Å². The van der Waals surface area contributed by atoms with Gasteiger partial charge in [-0.1, -0.05) is 13.0 Å². The minimum atomic E-state index is 0.419. The van der Waals surface area contributed by atoms with Crippen molar-refractivity contribution in [2.45, 2.75) is 38.5 Å². The molecule has 2 fully saturated rings. The largest absolute Gasteiger partial charge is 0.371 e. The summed E-state index contributed by atoms with van der Waals surface area (Å²) in [5.74, 6) is 1.10. The summed E-state index contributed by atoms with van der Waals surface area (Å²) < 4.78 is 5.86. The minimum absolute atomic E-state index is 0.419. The zero-order valence-electron chi connectivity index (χ0n) is 10.9. The van der Waals surface area contributed by atoms with Crippen LogP contribution in [-0.2, 0) is 11.3 Å². The molecule has 2 aliphatic heterocycles. The van der Waals surface area contributed by atoms with Crippen molar-refractivity contribution in [1.82, 2.24) is 10.3 Å². The fourth-order valence-electron chi connectivity index (χ4n) is 2.80. The van der Waals surface area contributed by atoms with Gasteiger partial charge in [0, 0.05) is 19.6 Å². The van der Waals surface area contributed by atoms with Gasteiger partial charge in [0.15, 0.2) is 0 Å². The molecule has 4 heteroatoms. The molecule has 2 bridgehead atoms. The van der Waals surface area contributed by atoms with Crippen molar-refractivity contribution in [2.75, 3.05) is 24.5 Å². The minimum Gasteiger partial charge on any atom is -0.371 e. The van der Waals surface area contributed by atoms with Gasteiger partial charge < -0.3 is 15.0 Å². The second-order valence-corrected chi connectivity index (χ2v) is 5.13. The van der Waals surface area contributed by atoms with Crippen LogP contribution in [0.25, 0.3) is 0 Å². The number of nitrogens with zero attached hydrogens (tertiary/aromatic N) is 2. The lowest BCUT2D eigenvalue weighted by atomic mass is 10.2. The van der Waals surface area contributed by atoms with Gasteiger partial charge in [0.05, 0.1) is 17.9 Å². The Kier molecular flexibility index (Phi) is 3.48. The highest BCUT2D eigenvalue weighted by Gasteiger charge is 2.34. The maximum atomic E-state index is 5.86. The summed E-state index contributed by atoms with van der Waals surface area (Å²) in [7, 11) is 0. The lowest BCUT2D eigenvalue weighted by Gasteiger charge is -2.33. The maximum absolute atomic E-state index is 5.86. The summed E-state index contributed by atoms with van der Waals surface area (Å²) in [5.41, 5.74) is 1.12. The zero-order chi connectivity index (χ0) is 12.4. The molecule has 0 spiro atoms. The SMILES string of the molecule is CCNCc1cccc(N2CC3CCC(C2)O3)n1. The molecule has 0 radical (unpaired) electrons. The number of pyridine rings is 1. The Labute approximate surface area is 108 Å². The summed E-state index contributed by atoms with van der Waals surface area (Å²) in [6, 6.07) is 6.30. The second-order valence-electron chi connectivity index (χ2n) is 5.13. The van der Waals surface area contributed by atoms with Crippen LogP contribution in [0, 0.1) is 0 Å². The van der Waals surface area contributed by atoms with Crippen molar-refractivity contribution in [2.24, 2.45) is 0 Å². The van der Waals surface area contributed by atoms with Gasteiger partial charge in [0.1, 0.15) is 5.82 Å². The summed E-state index contributed by atoms with van der Waals surface area (Å²) >= 11 is 0. The van der Waals surface area contributed by atoms with E-state index < -0.39 is 0 Å². The molecule has 0 amide bonds. The van der Waals surface area contributed by atoms with E-state index in [0.717, 1.165) is 37.7 Å². The van der Waals surface area contributed by atoms with Gasteiger partial charge in [-0.05, 0) is 31.5 Å². The quantitative estimate of drug-likeness (QED) is 0.876. The van der Waals surface area contributed by atoms with Gasteiger partial charge in [-0.2, -0.15) is 0 Å². The van der Waals surface area contributed by atoms with Gasteiger partial charge in [-0.15, -0.1) is 0 Å². The molecule has 0 aromatic carbocycles. The highest BCUT2D eigenvalue weighted by molar-refractivity contribution is 5.40. The summed E-state index contributed by atoms with van der Waals surface area (Å²) in [6.45, 7) is 5.93. The van der Waals surface area contributed by atoms with Gasteiger partial charge in [-0.3, -0.25) is 0 Å². The van der Waals surface area contributed by atoms with E-state index in [2.05, 4.69) is 35.3 Å². The molecule has 4 nitrogen and oxygen atoms in total. The molecule has 1 aromatic rings. The van der Waals surface area contributed by atoms with Crippen molar-refractivity contribution in [3.05, 3.63) is 23.9 Å². The van der Waals surface area contributed by atoms with Crippen LogP contribution >= 0.6 is 0 Å². The Morgan fingerprint density at radius 2 is 2.11 bits per heavy atom. The third-order valence-corrected chi connectivity index (χ3v) is 3.72. The highest BCUT2D eigenvalue weighted by Crippen LogP contribution is 2.28. The van der Waals surface area contributed by atoms with Crippen molar-refractivity contribution >= 4 is 5.82 Å². The van der Waals surface area contributed by atoms with E-state index in [-0.39, 0.29) is 0 Å². The first-order valence-electron chi connectivity index (χ1n) is 6.92. The van der Waals surface area contributed by atoms with Gasteiger partial charge in [0.2, 0.25) is 0 Å². The highest BCUT2D eigenvalue weighted by atomic mass is 16.5. The molecule has 2 aliphatic rings. The van der Waals surface area contributed by atoms with Gasteiger partial charge in [-0.25, -0.2) is 4.98 Å². The predicted octanol–water partition coefficient (Wildman–Crippen LogP) is 1.56. The fraction of sp³-hybridized carbons (Fsp3) is 0.643. The molecule has 2 saturated heterocycles. The monoisotopic (exact) mass is 247 g/mol. The lowest BCUT2D eigenvalue weighted by molar-refractivity contribution is 0.0302. The Bertz CT molecular complexity index is 398. The molecular formula is C14H21N3O. The number of aromatic nitrogens is 1. The Morgan fingerprint density at radius 3 is 2.83 bits per heavy atom. The van der Waals surface area contributed by atoms with Crippen LogP contribution in [-0.4, -0.2) is 36.8 Å². The molecule has 3 heterocycles. The molecule has 1 N–H and O–H groups in total. The molecule has 1 aromatic heterocycles. The number of morpholine rings is 1. The van der Waals surface area contributed by atoms with Crippen LogP contribution in [0.1, 0.15) is 25.5 Å². The van der Waals surface area contributed by atoms with Gasteiger partial charge >= 0.3 is 0 Å². The van der Waals surface area contributed by atoms with Crippen molar-refractivity contribution < 1.29 is 4.74 Å². The third-order valence-electron chi connectivity index (χ3n) is 3.72. The second kappa shape index (κ2) is 5.24. The van der Waals surface area contributed by atoms with E-state index in [1.54, 1.807) is 0 Å². The molecule has 18 heavy (non-hydrogen) atoms. The zero-order valence-corrected chi connectivity index (χ0v) is 10.9. The summed E-state index contributed by atoms with van der Waals surface area (Å²) in [5, 5.41) is 3.32. The number of hydrogen-bond donors (Lipinski definition) is 1.